The van der Waals surface area contributed by atoms with Gasteiger partial charge in [0.05, 0.1) is 11.2 Å². The molecule has 0 amide bonds. The van der Waals surface area contributed by atoms with Crippen molar-refractivity contribution >= 4 is 12.6 Å². The molecule has 192 valence electrons. The maximum atomic E-state index is 6.23. The fourth-order valence-corrected chi connectivity index (χ4v) is 4.56. The van der Waals surface area contributed by atoms with Crippen LogP contribution in [0.1, 0.15) is 27.7 Å². The second-order valence-corrected chi connectivity index (χ2v) is 10.8. The van der Waals surface area contributed by atoms with E-state index in [1.807, 2.05) is 72.8 Å². The Hall–Kier alpha value is -4.13. The van der Waals surface area contributed by atoms with Gasteiger partial charge in [-0.05, 0) is 44.3 Å². The number of hydrogen-bond donors (Lipinski definition) is 0. The van der Waals surface area contributed by atoms with Gasteiger partial charge in [0.1, 0.15) is 0 Å². The molecule has 0 unspecified atom stereocenters. The summed E-state index contributed by atoms with van der Waals surface area (Å²) in [6.07, 6.45) is 0. The summed E-state index contributed by atoms with van der Waals surface area (Å²) in [4.78, 5) is 14.6. The number of aromatic nitrogens is 3. The highest BCUT2D eigenvalue weighted by Gasteiger charge is 2.51. The third kappa shape index (κ3) is 5.01. The summed E-state index contributed by atoms with van der Waals surface area (Å²) < 4.78 is 12.5. The molecule has 0 bridgehead atoms. The lowest BCUT2D eigenvalue weighted by Gasteiger charge is -2.32. The standard InChI is InChI=1S/C33H30BN3O2/c1-32(2)33(3,4)39-34(38-32)28-21-19-27(20-22-28)31-36-29(25-13-9-6-10-14-25)35-30(37-31)26-17-15-24(16-18-26)23-11-7-5-8-12-23/h5-22H,1-4H3. The normalized spacial score (nSPS) is 15.8. The first-order chi connectivity index (χ1) is 18.8. The predicted molar refractivity (Wildman–Crippen MR) is 157 cm³/mol. The van der Waals surface area contributed by atoms with Crippen molar-refractivity contribution in [1.29, 1.82) is 0 Å². The van der Waals surface area contributed by atoms with Crippen LogP contribution in [0, 0.1) is 0 Å². The highest BCUT2D eigenvalue weighted by atomic mass is 16.7. The van der Waals surface area contributed by atoms with Crippen LogP contribution >= 0.6 is 0 Å². The summed E-state index contributed by atoms with van der Waals surface area (Å²) >= 11 is 0. The smallest absolute Gasteiger partial charge is 0.399 e. The van der Waals surface area contributed by atoms with E-state index in [-0.39, 0.29) is 11.2 Å². The topological polar surface area (TPSA) is 57.1 Å². The maximum Gasteiger partial charge on any atom is 0.494 e. The summed E-state index contributed by atoms with van der Waals surface area (Å²) in [5, 5.41) is 0. The van der Waals surface area contributed by atoms with Gasteiger partial charge in [0.15, 0.2) is 17.5 Å². The molecule has 1 aliphatic heterocycles. The second-order valence-electron chi connectivity index (χ2n) is 10.8. The van der Waals surface area contributed by atoms with Gasteiger partial charge in [-0.2, -0.15) is 0 Å². The zero-order chi connectivity index (χ0) is 27.0. The molecule has 39 heavy (non-hydrogen) atoms. The van der Waals surface area contributed by atoms with Crippen molar-refractivity contribution in [2.45, 2.75) is 38.9 Å². The van der Waals surface area contributed by atoms with Crippen molar-refractivity contribution in [1.82, 2.24) is 15.0 Å². The van der Waals surface area contributed by atoms with Gasteiger partial charge in [-0.25, -0.2) is 15.0 Å². The largest absolute Gasteiger partial charge is 0.494 e. The molecular weight excluding hydrogens is 481 g/mol. The molecule has 2 heterocycles. The Morgan fingerprint density at radius 1 is 0.436 bits per heavy atom. The number of benzene rings is 4. The van der Waals surface area contributed by atoms with Gasteiger partial charge >= 0.3 is 7.12 Å². The monoisotopic (exact) mass is 511 g/mol. The van der Waals surface area contributed by atoms with Crippen LogP contribution in [-0.2, 0) is 9.31 Å². The van der Waals surface area contributed by atoms with E-state index in [9.17, 15) is 0 Å². The number of nitrogens with zero attached hydrogens (tertiary/aromatic N) is 3. The van der Waals surface area contributed by atoms with Crippen LogP contribution in [0.2, 0.25) is 0 Å². The lowest BCUT2D eigenvalue weighted by molar-refractivity contribution is 0.00578. The van der Waals surface area contributed by atoms with Crippen molar-refractivity contribution in [3.63, 3.8) is 0 Å². The van der Waals surface area contributed by atoms with E-state index in [1.165, 1.54) is 5.56 Å². The van der Waals surface area contributed by atoms with Crippen molar-refractivity contribution in [2.24, 2.45) is 0 Å². The number of rotatable bonds is 5. The first kappa shape index (κ1) is 25.2. The fraction of sp³-hybridized carbons (Fsp3) is 0.182. The van der Waals surface area contributed by atoms with Crippen LogP contribution in [0.4, 0.5) is 0 Å². The Morgan fingerprint density at radius 3 is 1.23 bits per heavy atom. The Balaban J connectivity index is 1.36. The van der Waals surface area contributed by atoms with E-state index < -0.39 is 7.12 Å². The van der Waals surface area contributed by atoms with Crippen LogP contribution in [0.25, 0.3) is 45.3 Å². The van der Waals surface area contributed by atoms with E-state index in [4.69, 9.17) is 24.3 Å². The fourth-order valence-electron chi connectivity index (χ4n) is 4.56. The SMILES string of the molecule is CC1(C)OB(c2ccc(-c3nc(-c4ccccc4)nc(-c4ccc(-c5ccccc5)cc4)n3)cc2)OC1(C)C. The Bertz CT molecular complexity index is 1570. The molecule has 1 saturated heterocycles. The zero-order valence-corrected chi connectivity index (χ0v) is 22.6. The minimum atomic E-state index is -0.416. The van der Waals surface area contributed by atoms with Crippen LogP contribution < -0.4 is 5.46 Å². The zero-order valence-electron chi connectivity index (χ0n) is 22.6. The molecule has 0 N–H and O–H groups in total. The summed E-state index contributed by atoms with van der Waals surface area (Å²) in [5.74, 6) is 1.89. The van der Waals surface area contributed by atoms with E-state index in [2.05, 4.69) is 64.1 Å². The van der Waals surface area contributed by atoms with Gasteiger partial charge in [0.25, 0.3) is 0 Å². The van der Waals surface area contributed by atoms with Crippen molar-refractivity contribution in [3.8, 4) is 45.3 Å². The molecule has 0 aliphatic carbocycles. The molecule has 0 radical (unpaired) electrons. The summed E-state index contributed by atoms with van der Waals surface area (Å²) in [6.45, 7) is 8.24. The summed E-state index contributed by atoms with van der Waals surface area (Å²) in [5.41, 5.74) is 5.29. The molecule has 6 heteroatoms. The average molecular weight is 511 g/mol. The van der Waals surface area contributed by atoms with Gasteiger partial charge in [-0.1, -0.05) is 109 Å². The first-order valence-corrected chi connectivity index (χ1v) is 13.2. The minimum Gasteiger partial charge on any atom is -0.399 e. The van der Waals surface area contributed by atoms with Gasteiger partial charge in [-0.3, -0.25) is 0 Å². The third-order valence-corrected chi connectivity index (χ3v) is 7.61. The maximum absolute atomic E-state index is 6.23. The minimum absolute atomic E-state index is 0.389. The lowest BCUT2D eigenvalue weighted by atomic mass is 9.79. The first-order valence-electron chi connectivity index (χ1n) is 13.2. The summed E-state index contributed by atoms with van der Waals surface area (Å²) in [7, 11) is -0.416. The van der Waals surface area contributed by atoms with Crippen LogP contribution in [0.15, 0.2) is 109 Å². The van der Waals surface area contributed by atoms with Crippen LogP contribution in [-0.4, -0.2) is 33.3 Å². The van der Waals surface area contributed by atoms with Crippen LogP contribution in [0.3, 0.4) is 0 Å². The van der Waals surface area contributed by atoms with Gasteiger partial charge in [0.2, 0.25) is 0 Å². The lowest BCUT2D eigenvalue weighted by Crippen LogP contribution is -2.41. The van der Waals surface area contributed by atoms with E-state index >= 15 is 0 Å². The Kier molecular flexibility index (Phi) is 6.38. The molecule has 0 spiro atoms. The molecule has 0 atom stereocenters. The molecule has 6 rings (SSSR count). The third-order valence-electron chi connectivity index (χ3n) is 7.61. The molecule has 1 aliphatic rings. The average Bonchev–Trinajstić information content (AvgIpc) is 3.20. The summed E-state index contributed by atoms with van der Waals surface area (Å²) in [6, 6.07) is 36.8. The quantitative estimate of drug-likeness (QED) is 0.242. The van der Waals surface area contributed by atoms with Crippen LogP contribution in [0.5, 0.6) is 0 Å². The number of hydrogen-bond acceptors (Lipinski definition) is 5. The molecular formula is C33H30BN3O2. The van der Waals surface area contributed by atoms with Crippen molar-refractivity contribution < 1.29 is 9.31 Å². The van der Waals surface area contributed by atoms with E-state index in [1.54, 1.807) is 0 Å². The van der Waals surface area contributed by atoms with Gasteiger partial charge in [0, 0.05) is 16.7 Å². The van der Waals surface area contributed by atoms with Gasteiger partial charge in [-0.15, -0.1) is 0 Å². The van der Waals surface area contributed by atoms with Crippen molar-refractivity contribution in [3.05, 3.63) is 109 Å². The molecule has 4 aromatic carbocycles. The highest BCUT2D eigenvalue weighted by molar-refractivity contribution is 6.62. The Morgan fingerprint density at radius 2 is 0.769 bits per heavy atom. The van der Waals surface area contributed by atoms with E-state index in [0.29, 0.717) is 17.5 Å². The molecule has 5 nitrogen and oxygen atoms in total. The predicted octanol–water partition coefficient (Wildman–Crippen LogP) is 6.84. The van der Waals surface area contributed by atoms with E-state index in [0.717, 1.165) is 27.7 Å². The second kappa shape index (κ2) is 9.88. The van der Waals surface area contributed by atoms with Gasteiger partial charge < -0.3 is 9.31 Å². The molecule has 1 fully saturated rings. The molecule has 5 aromatic rings. The highest BCUT2D eigenvalue weighted by Crippen LogP contribution is 2.36. The Labute approximate surface area is 230 Å². The van der Waals surface area contributed by atoms with Crippen molar-refractivity contribution in [2.75, 3.05) is 0 Å². The molecule has 0 saturated carbocycles. The molecule has 1 aromatic heterocycles.